The maximum absolute atomic E-state index is 11.7. The standard InChI is InChI=1S/C15H18N2O2S/c1-3-12-8-9-13(20-12)14(15(16)18)17-10-4-6-11(19-2)7-5-10/h4-9,14,17H,3H2,1-2H3,(H2,16,18). The minimum absolute atomic E-state index is 0.384. The van der Waals surface area contributed by atoms with Crippen LogP contribution in [0, 0.1) is 0 Å². The van der Waals surface area contributed by atoms with E-state index >= 15 is 0 Å². The molecule has 20 heavy (non-hydrogen) atoms. The first-order valence-corrected chi connectivity index (χ1v) is 7.24. The highest BCUT2D eigenvalue weighted by Crippen LogP contribution is 2.27. The predicted molar refractivity (Wildman–Crippen MR) is 82.2 cm³/mol. The first kappa shape index (κ1) is 14.4. The number of hydrogen-bond acceptors (Lipinski definition) is 4. The number of methoxy groups -OCH3 is 1. The number of carbonyl (C=O) groups excluding carboxylic acids is 1. The van der Waals surface area contributed by atoms with E-state index in [4.69, 9.17) is 10.5 Å². The lowest BCUT2D eigenvalue weighted by atomic mass is 10.2. The summed E-state index contributed by atoms with van der Waals surface area (Å²) in [6.45, 7) is 2.09. The van der Waals surface area contributed by atoms with Gasteiger partial charge in [-0.3, -0.25) is 4.79 Å². The van der Waals surface area contributed by atoms with Crippen LogP contribution in [0.1, 0.15) is 22.7 Å². The van der Waals surface area contributed by atoms with Crippen LogP contribution in [0.5, 0.6) is 5.75 Å². The lowest BCUT2D eigenvalue weighted by Gasteiger charge is -2.15. The van der Waals surface area contributed by atoms with E-state index in [1.54, 1.807) is 18.4 Å². The number of hydrogen-bond donors (Lipinski definition) is 2. The fraction of sp³-hybridized carbons (Fsp3) is 0.267. The monoisotopic (exact) mass is 290 g/mol. The van der Waals surface area contributed by atoms with Crippen molar-refractivity contribution in [3.63, 3.8) is 0 Å². The van der Waals surface area contributed by atoms with Crippen LogP contribution >= 0.6 is 11.3 Å². The summed E-state index contributed by atoms with van der Waals surface area (Å²) in [7, 11) is 1.62. The second-order valence-corrected chi connectivity index (χ2v) is 5.57. The largest absolute Gasteiger partial charge is 0.497 e. The summed E-state index contributed by atoms with van der Waals surface area (Å²) in [5.74, 6) is 0.390. The first-order chi connectivity index (χ1) is 9.63. The van der Waals surface area contributed by atoms with Gasteiger partial charge in [0.25, 0.3) is 0 Å². The number of rotatable bonds is 6. The Kier molecular flexibility index (Phi) is 4.63. The predicted octanol–water partition coefficient (Wildman–Crippen LogP) is 2.96. The molecule has 2 rings (SSSR count). The van der Waals surface area contributed by atoms with Gasteiger partial charge in [-0.05, 0) is 42.8 Å². The molecule has 4 nitrogen and oxygen atoms in total. The molecule has 0 saturated carbocycles. The number of thiophene rings is 1. The third-order valence-electron chi connectivity index (χ3n) is 3.00. The minimum atomic E-state index is -0.506. The van der Waals surface area contributed by atoms with E-state index in [1.165, 1.54) is 4.88 Å². The van der Waals surface area contributed by atoms with Crippen molar-refractivity contribution in [2.45, 2.75) is 19.4 Å². The third-order valence-corrected chi connectivity index (χ3v) is 4.30. The number of aryl methyl sites for hydroxylation is 1. The van der Waals surface area contributed by atoms with E-state index in [9.17, 15) is 4.79 Å². The van der Waals surface area contributed by atoms with Gasteiger partial charge in [0.2, 0.25) is 5.91 Å². The molecule has 1 aromatic heterocycles. The molecule has 0 fully saturated rings. The number of anilines is 1. The van der Waals surface area contributed by atoms with Crippen molar-refractivity contribution < 1.29 is 9.53 Å². The molecule has 0 spiro atoms. The van der Waals surface area contributed by atoms with Crippen LogP contribution < -0.4 is 15.8 Å². The Bertz CT molecular complexity index is 578. The Labute approximate surface area is 122 Å². The highest BCUT2D eigenvalue weighted by atomic mass is 32.1. The van der Waals surface area contributed by atoms with Crippen molar-refractivity contribution in [3.8, 4) is 5.75 Å². The van der Waals surface area contributed by atoms with Crippen molar-refractivity contribution in [2.75, 3.05) is 12.4 Å². The summed E-state index contributed by atoms with van der Waals surface area (Å²) in [5.41, 5.74) is 6.34. The molecule has 0 saturated heterocycles. The Morgan fingerprint density at radius 1 is 1.30 bits per heavy atom. The van der Waals surface area contributed by atoms with Gasteiger partial charge in [0.1, 0.15) is 11.8 Å². The number of carbonyl (C=O) groups is 1. The van der Waals surface area contributed by atoms with E-state index in [1.807, 2.05) is 36.4 Å². The Morgan fingerprint density at radius 2 is 2.00 bits per heavy atom. The fourth-order valence-electron chi connectivity index (χ4n) is 1.88. The van der Waals surface area contributed by atoms with Gasteiger partial charge in [0.05, 0.1) is 7.11 Å². The molecule has 0 aliphatic heterocycles. The molecule has 1 amide bonds. The Morgan fingerprint density at radius 3 is 2.50 bits per heavy atom. The van der Waals surface area contributed by atoms with Gasteiger partial charge in [-0.1, -0.05) is 6.92 Å². The maximum Gasteiger partial charge on any atom is 0.245 e. The third kappa shape index (κ3) is 3.30. The van der Waals surface area contributed by atoms with E-state index in [0.29, 0.717) is 0 Å². The van der Waals surface area contributed by atoms with E-state index in [-0.39, 0.29) is 5.91 Å². The molecule has 2 aromatic rings. The second kappa shape index (κ2) is 6.43. The molecule has 1 atom stereocenters. The van der Waals surface area contributed by atoms with Gasteiger partial charge in [0, 0.05) is 15.4 Å². The zero-order chi connectivity index (χ0) is 14.5. The van der Waals surface area contributed by atoms with E-state index in [0.717, 1.165) is 22.7 Å². The van der Waals surface area contributed by atoms with Crippen LogP contribution in [0.15, 0.2) is 36.4 Å². The molecule has 106 valence electrons. The number of ether oxygens (including phenoxy) is 1. The molecular weight excluding hydrogens is 272 g/mol. The molecule has 3 N–H and O–H groups in total. The van der Waals surface area contributed by atoms with Gasteiger partial charge in [-0.2, -0.15) is 0 Å². The van der Waals surface area contributed by atoms with E-state index < -0.39 is 6.04 Å². The summed E-state index contributed by atoms with van der Waals surface area (Å²) >= 11 is 1.61. The topological polar surface area (TPSA) is 64.3 Å². The van der Waals surface area contributed by atoms with Gasteiger partial charge in [-0.25, -0.2) is 0 Å². The minimum Gasteiger partial charge on any atom is -0.497 e. The molecule has 1 heterocycles. The smallest absolute Gasteiger partial charge is 0.245 e. The number of primary amides is 1. The lowest BCUT2D eigenvalue weighted by Crippen LogP contribution is -2.26. The molecule has 0 radical (unpaired) electrons. The van der Waals surface area contributed by atoms with Crippen LogP contribution in [0.3, 0.4) is 0 Å². The lowest BCUT2D eigenvalue weighted by molar-refractivity contribution is -0.118. The van der Waals surface area contributed by atoms with Gasteiger partial charge >= 0.3 is 0 Å². The quantitative estimate of drug-likeness (QED) is 0.859. The average Bonchev–Trinajstić information content (AvgIpc) is 2.93. The van der Waals surface area contributed by atoms with Crippen molar-refractivity contribution in [3.05, 3.63) is 46.2 Å². The summed E-state index contributed by atoms with van der Waals surface area (Å²) < 4.78 is 5.11. The van der Waals surface area contributed by atoms with Crippen molar-refractivity contribution >= 4 is 22.9 Å². The van der Waals surface area contributed by atoms with Crippen molar-refractivity contribution in [2.24, 2.45) is 5.73 Å². The average molecular weight is 290 g/mol. The fourth-order valence-corrected chi connectivity index (χ4v) is 2.89. The molecule has 0 aliphatic rings. The zero-order valence-corrected chi connectivity index (χ0v) is 12.4. The van der Waals surface area contributed by atoms with Gasteiger partial charge in [0.15, 0.2) is 0 Å². The Hall–Kier alpha value is -2.01. The maximum atomic E-state index is 11.7. The summed E-state index contributed by atoms with van der Waals surface area (Å²) in [5, 5.41) is 3.16. The second-order valence-electron chi connectivity index (χ2n) is 4.37. The van der Waals surface area contributed by atoms with E-state index in [2.05, 4.69) is 12.2 Å². The van der Waals surface area contributed by atoms with Crippen LogP contribution in [0.25, 0.3) is 0 Å². The van der Waals surface area contributed by atoms with Crippen LogP contribution in [-0.2, 0) is 11.2 Å². The SMILES string of the molecule is CCc1ccc(C(Nc2ccc(OC)cc2)C(N)=O)s1. The highest BCUT2D eigenvalue weighted by Gasteiger charge is 2.19. The first-order valence-electron chi connectivity index (χ1n) is 6.42. The number of benzene rings is 1. The highest BCUT2D eigenvalue weighted by molar-refractivity contribution is 7.12. The van der Waals surface area contributed by atoms with Gasteiger partial charge in [-0.15, -0.1) is 11.3 Å². The molecule has 0 bridgehead atoms. The van der Waals surface area contributed by atoms with Crippen LogP contribution in [0.2, 0.25) is 0 Å². The summed E-state index contributed by atoms with van der Waals surface area (Å²) in [4.78, 5) is 13.8. The molecule has 1 unspecified atom stereocenters. The number of nitrogens with one attached hydrogen (secondary N) is 1. The van der Waals surface area contributed by atoms with Gasteiger partial charge < -0.3 is 15.8 Å². The molecule has 0 aliphatic carbocycles. The van der Waals surface area contributed by atoms with Crippen LogP contribution in [-0.4, -0.2) is 13.0 Å². The normalized spacial score (nSPS) is 11.9. The van der Waals surface area contributed by atoms with Crippen molar-refractivity contribution in [1.82, 2.24) is 0 Å². The Balaban J connectivity index is 2.18. The number of amides is 1. The zero-order valence-electron chi connectivity index (χ0n) is 11.6. The molecule has 5 heteroatoms. The van der Waals surface area contributed by atoms with Crippen LogP contribution in [0.4, 0.5) is 5.69 Å². The number of nitrogens with two attached hydrogens (primary N) is 1. The summed E-state index contributed by atoms with van der Waals surface area (Å²) in [6, 6.07) is 10.9. The van der Waals surface area contributed by atoms with Crippen molar-refractivity contribution in [1.29, 1.82) is 0 Å². The molecule has 1 aromatic carbocycles. The molecular formula is C15H18N2O2S. The summed E-state index contributed by atoms with van der Waals surface area (Å²) in [6.07, 6.45) is 0.957.